The zero-order valence-electron chi connectivity index (χ0n) is 31.1. The van der Waals surface area contributed by atoms with Gasteiger partial charge in [-0.3, -0.25) is 0 Å². The van der Waals surface area contributed by atoms with Gasteiger partial charge in [-0.2, -0.15) is 0 Å². The van der Waals surface area contributed by atoms with Gasteiger partial charge in [0.15, 0.2) is 0 Å². The van der Waals surface area contributed by atoms with Crippen LogP contribution < -0.4 is 9.80 Å². The van der Waals surface area contributed by atoms with Gasteiger partial charge in [0.05, 0.1) is 6.04 Å². The molecular weight excluding hydrogens is 641 g/mol. The first-order chi connectivity index (χ1) is 26.0. The lowest BCUT2D eigenvalue weighted by Crippen LogP contribution is -2.40. The Kier molecular flexibility index (Phi) is 8.63. The highest BCUT2D eigenvalue weighted by atomic mass is 15.2. The van der Waals surface area contributed by atoms with E-state index in [9.17, 15) is 0 Å². The van der Waals surface area contributed by atoms with Crippen LogP contribution in [-0.2, 0) is 0 Å². The predicted octanol–water partition coefficient (Wildman–Crippen LogP) is 13.4. The number of fused-ring (bicyclic) bond motifs is 2. The molecule has 4 aliphatic rings. The minimum atomic E-state index is 0.194. The van der Waals surface area contributed by atoms with Crippen LogP contribution in [0, 0.1) is 17.3 Å². The smallest absolute Gasteiger partial charge is 0.0614 e. The number of benzene rings is 5. The largest absolute Gasteiger partial charge is 0.334 e. The molecule has 5 aromatic carbocycles. The molecule has 53 heavy (non-hydrogen) atoms. The molecule has 3 aliphatic carbocycles. The van der Waals surface area contributed by atoms with Crippen LogP contribution in [0.4, 0.5) is 17.1 Å². The minimum Gasteiger partial charge on any atom is -0.334 e. The molecule has 0 spiro atoms. The Labute approximate surface area is 315 Å². The number of allylic oxidation sites excluding steroid dienone is 6. The molecule has 0 saturated heterocycles. The average molecular weight is 689 g/mol. The fourth-order valence-electron chi connectivity index (χ4n) is 9.54. The molecule has 0 bridgehead atoms. The highest BCUT2D eigenvalue weighted by Crippen LogP contribution is 2.56. The van der Waals surface area contributed by atoms with E-state index in [2.05, 4.69) is 207 Å². The molecule has 0 amide bonds. The first kappa shape index (κ1) is 33.3. The maximum Gasteiger partial charge on any atom is 0.0614 e. The summed E-state index contributed by atoms with van der Waals surface area (Å²) in [5, 5.41) is 0. The average Bonchev–Trinajstić information content (AvgIpc) is 3.48. The van der Waals surface area contributed by atoms with Crippen LogP contribution in [0.5, 0.6) is 0 Å². The van der Waals surface area contributed by atoms with Crippen LogP contribution in [0.1, 0.15) is 51.5 Å². The molecule has 0 aromatic heterocycles. The number of rotatable bonds is 7. The molecule has 5 atom stereocenters. The standard InChI is InChI=1S/C51H48N2/c1-36-13-12-18-48-50(36)51(3)34-11-10-19-49(51)53(48)45-30-24-41(25-31-45)40-22-28-44(29-23-40)52(43-26-20-39(21-27-43)38-14-6-4-7-15-38)46-32-33-47(37(2)35-46)42-16-8-5-9-17-42/h4-10,12,14-33,35-37,47,49H,11,13,34H2,1-3H3/t36?,37?,47?,49?,51-/m1/s1. The highest BCUT2D eigenvalue weighted by molar-refractivity contribution is 5.77. The predicted molar refractivity (Wildman–Crippen MR) is 224 cm³/mol. The first-order valence-electron chi connectivity index (χ1n) is 19.5. The van der Waals surface area contributed by atoms with Gasteiger partial charge in [-0.1, -0.05) is 148 Å². The van der Waals surface area contributed by atoms with Crippen LogP contribution >= 0.6 is 0 Å². The van der Waals surface area contributed by atoms with E-state index < -0.39 is 0 Å². The summed E-state index contributed by atoms with van der Waals surface area (Å²) in [6, 6.07) is 49.2. The van der Waals surface area contributed by atoms with Gasteiger partial charge in [0, 0.05) is 39.8 Å². The van der Waals surface area contributed by atoms with Crippen molar-refractivity contribution < 1.29 is 0 Å². The van der Waals surface area contributed by atoms with E-state index in [1.807, 2.05) is 0 Å². The maximum atomic E-state index is 2.61. The fraction of sp³-hybridized carbons (Fsp3) is 0.216. The van der Waals surface area contributed by atoms with Crippen molar-refractivity contribution in [3.63, 3.8) is 0 Å². The molecule has 262 valence electrons. The van der Waals surface area contributed by atoms with Gasteiger partial charge in [0.1, 0.15) is 0 Å². The van der Waals surface area contributed by atoms with Gasteiger partial charge in [0.2, 0.25) is 0 Å². The van der Waals surface area contributed by atoms with Crippen molar-refractivity contribution in [2.45, 2.75) is 52.0 Å². The lowest BCUT2D eigenvalue weighted by molar-refractivity contribution is 0.308. The lowest BCUT2D eigenvalue weighted by atomic mass is 9.67. The van der Waals surface area contributed by atoms with Crippen molar-refractivity contribution in [2.24, 2.45) is 17.3 Å². The van der Waals surface area contributed by atoms with E-state index in [1.54, 1.807) is 5.57 Å². The molecule has 0 radical (unpaired) electrons. The van der Waals surface area contributed by atoms with Gasteiger partial charge < -0.3 is 9.80 Å². The molecule has 0 saturated carbocycles. The van der Waals surface area contributed by atoms with E-state index in [0.29, 0.717) is 23.8 Å². The van der Waals surface area contributed by atoms with Crippen LogP contribution in [0.25, 0.3) is 22.3 Å². The molecule has 0 fully saturated rings. The van der Waals surface area contributed by atoms with Crippen LogP contribution in [0.3, 0.4) is 0 Å². The van der Waals surface area contributed by atoms with Crippen molar-refractivity contribution in [3.8, 4) is 22.3 Å². The Morgan fingerprint density at radius 1 is 0.623 bits per heavy atom. The third-order valence-corrected chi connectivity index (χ3v) is 12.2. The van der Waals surface area contributed by atoms with E-state index >= 15 is 0 Å². The molecule has 2 heteroatoms. The van der Waals surface area contributed by atoms with Crippen molar-refractivity contribution in [1.82, 2.24) is 0 Å². The lowest BCUT2D eigenvalue weighted by Gasteiger charge is -2.40. The van der Waals surface area contributed by atoms with Crippen molar-refractivity contribution in [1.29, 1.82) is 0 Å². The Morgan fingerprint density at radius 2 is 1.21 bits per heavy atom. The normalized spacial score (nSPS) is 24.5. The molecule has 1 heterocycles. The van der Waals surface area contributed by atoms with Crippen molar-refractivity contribution in [2.75, 3.05) is 9.80 Å². The summed E-state index contributed by atoms with van der Waals surface area (Å²) in [4.78, 5) is 5.02. The summed E-state index contributed by atoms with van der Waals surface area (Å²) in [6.45, 7) is 7.25. The van der Waals surface area contributed by atoms with E-state index in [1.165, 1.54) is 57.7 Å². The molecule has 0 N–H and O–H groups in total. The van der Waals surface area contributed by atoms with Crippen molar-refractivity contribution >= 4 is 17.1 Å². The fourth-order valence-corrected chi connectivity index (χ4v) is 9.54. The first-order valence-corrected chi connectivity index (χ1v) is 19.5. The van der Waals surface area contributed by atoms with Gasteiger partial charge in [-0.15, -0.1) is 0 Å². The molecule has 2 nitrogen and oxygen atoms in total. The number of nitrogens with zero attached hydrogens (tertiary/aromatic N) is 2. The van der Waals surface area contributed by atoms with Crippen LogP contribution in [-0.4, -0.2) is 6.04 Å². The third kappa shape index (κ3) is 6.01. The second kappa shape index (κ2) is 13.7. The monoisotopic (exact) mass is 688 g/mol. The molecule has 1 aliphatic heterocycles. The number of hydrogen-bond donors (Lipinski definition) is 0. The van der Waals surface area contributed by atoms with Crippen molar-refractivity contribution in [3.05, 3.63) is 199 Å². The van der Waals surface area contributed by atoms with E-state index in [-0.39, 0.29) is 5.41 Å². The van der Waals surface area contributed by atoms with Crippen LogP contribution in [0.2, 0.25) is 0 Å². The Morgan fingerprint density at radius 3 is 1.83 bits per heavy atom. The summed E-state index contributed by atoms with van der Waals surface area (Å²) >= 11 is 0. The van der Waals surface area contributed by atoms with Crippen LogP contribution in [0.15, 0.2) is 193 Å². The number of hydrogen-bond acceptors (Lipinski definition) is 2. The Bertz CT molecular complexity index is 2240. The summed E-state index contributed by atoms with van der Waals surface area (Å²) in [5.74, 6) is 1.31. The van der Waals surface area contributed by atoms with E-state index in [0.717, 1.165) is 17.8 Å². The van der Waals surface area contributed by atoms with E-state index in [4.69, 9.17) is 0 Å². The summed E-state index contributed by atoms with van der Waals surface area (Å²) in [5.41, 5.74) is 14.3. The summed E-state index contributed by atoms with van der Waals surface area (Å²) < 4.78 is 0. The second-order valence-electron chi connectivity index (χ2n) is 15.6. The zero-order valence-corrected chi connectivity index (χ0v) is 31.1. The van der Waals surface area contributed by atoms with Gasteiger partial charge in [0.25, 0.3) is 0 Å². The number of anilines is 3. The Hall–Kier alpha value is -5.60. The summed E-state index contributed by atoms with van der Waals surface area (Å²) in [6.07, 6.45) is 20.3. The molecule has 5 aromatic rings. The highest BCUT2D eigenvalue weighted by Gasteiger charge is 2.50. The van der Waals surface area contributed by atoms with Gasteiger partial charge in [-0.25, -0.2) is 0 Å². The topological polar surface area (TPSA) is 6.48 Å². The molecular formula is C51H48N2. The third-order valence-electron chi connectivity index (χ3n) is 12.2. The van der Waals surface area contributed by atoms with Gasteiger partial charge >= 0.3 is 0 Å². The summed E-state index contributed by atoms with van der Waals surface area (Å²) in [7, 11) is 0. The minimum absolute atomic E-state index is 0.194. The second-order valence-corrected chi connectivity index (χ2v) is 15.6. The zero-order chi connectivity index (χ0) is 35.9. The SMILES string of the molecule is CC1CC=CC2=C1[C@]1(C)CCC=CC1N2c1ccc(-c2ccc(N(C3=CC(C)C(c4ccccc4)C=C3)c3ccc(-c4ccccc4)cc3)cc2)cc1. The Balaban J connectivity index is 1.02. The quantitative estimate of drug-likeness (QED) is 0.157. The van der Waals surface area contributed by atoms with Gasteiger partial charge in [-0.05, 0) is 113 Å². The maximum absolute atomic E-state index is 2.61. The molecule has 4 unspecified atom stereocenters. The molecule has 9 rings (SSSR count).